The minimum atomic E-state index is 0.828. The molecule has 4 aromatic heterocycles. The summed E-state index contributed by atoms with van der Waals surface area (Å²) in [5.41, 5.74) is 1.16. The highest BCUT2D eigenvalue weighted by atomic mass is 79.9. The van der Waals surface area contributed by atoms with Crippen LogP contribution in [0.2, 0.25) is 5.02 Å². The largest absolute Gasteiger partial charge is 0.143 e. The molecule has 0 aliphatic carbocycles. The molecule has 0 aliphatic rings. The number of rotatable bonds is 4. The summed E-state index contributed by atoms with van der Waals surface area (Å²) < 4.78 is 1.07. The lowest BCUT2D eigenvalue weighted by Gasteiger charge is -2.03. The van der Waals surface area contributed by atoms with Gasteiger partial charge in [-0.3, -0.25) is 0 Å². The van der Waals surface area contributed by atoms with E-state index in [1.807, 2.05) is 23.5 Å². The van der Waals surface area contributed by atoms with E-state index in [1.54, 1.807) is 34.0 Å². The van der Waals surface area contributed by atoms with Crippen LogP contribution in [0.3, 0.4) is 0 Å². The van der Waals surface area contributed by atoms with E-state index in [-0.39, 0.29) is 0 Å². The predicted molar refractivity (Wildman–Crippen MR) is 137 cm³/mol. The molecule has 0 saturated heterocycles. The Balaban J connectivity index is 0.000000171. The second-order valence-corrected chi connectivity index (χ2v) is 11.4. The van der Waals surface area contributed by atoms with Gasteiger partial charge in [0.2, 0.25) is 0 Å². The van der Waals surface area contributed by atoms with Crippen LogP contribution in [0.4, 0.5) is 0 Å². The van der Waals surface area contributed by atoms with Crippen molar-refractivity contribution in [2.75, 3.05) is 0 Å². The van der Waals surface area contributed by atoms with Crippen LogP contribution in [0, 0.1) is 0 Å². The normalized spacial score (nSPS) is 10.6. The maximum atomic E-state index is 6.24. The maximum Gasteiger partial charge on any atom is 0.0445 e. The Kier molecular flexibility index (Phi) is 7.40. The third kappa shape index (κ3) is 5.69. The van der Waals surface area contributed by atoms with Gasteiger partial charge in [0.1, 0.15) is 0 Å². The number of benzene rings is 1. The molecule has 4 heterocycles. The second kappa shape index (κ2) is 10.2. The van der Waals surface area contributed by atoms with E-state index in [0.717, 1.165) is 21.5 Å². The molecule has 0 unspecified atom stereocenters. The van der Waals surface area contributed by atoms with Gasteiger partial charge in [-0.25, -0.2) is 0 Å². The Hall–Kier alpha value is -1.21. The van der Waals surface area contributed by atoms with E-state index in [1.165, 1.54) is 24.4 Å². The Morgan fingerprint density at radius 1 is 0.690 bits per heavy atom. The molecule has 0 amide bonds. The lowest BCUT2D eigenvalue weighted by Crippen LogP contribution is -1.86. The molecular weight excluding hydrogens is 520 g/mol. The summed E-state index contributed by atoms with van der Waals surface area (Å²) in [6.07, 6.45) is 0.883. The number of thiophene rings is 4. The van der Waals surface area contributed by atoms with E-state index in [9.17, 15) is 0 Å². The van der Waals surface area contributed by atoms with Crippen LogP contribution >= 0.6 is 72.9 Å². The van der Waals surface area contributed by atoms with Crippen LogP contribution < -0.4 is 0 Å². The molecule has 6 heteroatoms. The molecule has 0 fully saturated rings. The van der Waals surface area contributed by atoms with Crippen molar-refractivity contribution in [2.24, 2.45) is 0 Å². The third-order valence-corrected chi connectivity index (χ3v) is 9.03. The molecule has 0 aliphatic heterocycles. The van der Waals surface area contributed by atoms with Crippen molar-refractivity contribution in [3.63, 3.8) is 0 Å². The first-order chi connectivity index (χ1) is 14.2. The molecule has 5 aromatic rings. The lowest BCUT2D eigenvalue weighted by atomic mass is 10.1. The summed E-state index contributed by atoms with van der Waals surface area (Å²) in [6, 6.07) is 23.1. The van der Waals surface area contributed by atoms with Gasteiger partial charge < -0.3 is 0 Å². The van der Waals surface area contributed by atoms with Crippen molar-refractivity contribution >= 4 is 72.9 Å². The minimum Gasteiger partial charge on any atom is -0.143 e. The average Bonchev–Trinajstić information content (AvgIpc) is 3.50. The monoisotopic (exact) mass is 534 g/mol. The summed E-state index contributed by atoms with van der Waals surface area (Å²) in [4.78, 5) is 6.74. The molecule has 1 aromatic carbocycles. The molecule has 146 valence electrons. The Labute approximate surface area is 200 Å². The molecule has 0 N–H and O–H groups in total. The van der Waals surface area contributed by atoms with Crippen LogP contribution in [-0.4, -0.2) is 0 Å². The average molecular weight is 536 g/mol. The highest BCUT2D eigenvalue weighted by molar-refractivity contribution is 9.10. The number of hydrogen-bond donors (Lipinski definition) is 0. The van der Waals surface area contributed by atoms with Crippen LogP contribution in [0.25, 0.3) is 19.5 Å². The van der Waals surface area contributed by atoms with Crippen LogP contribution in [-0.2, 0) is 6.42 Å². The molecule has 29 heavy (non-hydrogen) atoms. The topological polar surface area (TPSA) is 0 Å². The van der Waals surface area contributed by atoms with Crippen molar-refractivity contribution in [1.82, 2.24) is 0 Å². The van der Waals surface area contributed by atoms with Crippen molar-refractivity contribution in [2.45, 2.75) is 6.42 Å². The van der Waals surface area contributed by atoms with Crippen LogP contribution in [0.15, 0.2) is 87.3 Å². The zero-order valence-corrected chi connectivity index (χ0v) is 20.8. The van der Waals surface area contributed by atoms with Gasteiger partial charge in [0.05, 0.1) is 0 Å². The molecule has 0 saturated carbocycles. The number of hydrogen-bond acceptors (Lipinski definition) is 4. The van der Waals surface area contributed by atoms with Gasteiger partial charge >= 0.3 is 0 Å². The Morgan fingerprint density at radius 2 is 1.28 bits per heavy atom. The van der Waals surface area contributed by atoms with Crippen molar-refractivity contribution in [3.8, 4) is 19.5 Å². The fourth-order valence-electron chi connectivity index (χ4n) is 2.73. The van der Waals surface area contributed by atoms with E-state index in [4.69, 9.17) is 11.6 Å². The Bertz CT molecular complexity index is 1110. The van der Waals surface area contributed by atoms with E-state index < -0.39 is 0 Å². The molecule has 0 bridgehead atoms. The number of halogens is 2. The van der Waals surface area contributed by atoms with Crippen LogP contribution in [0.5, 0.6) is 0 Å². The summed E-state index contributed by atoms with van der Waals surface area (Å²) in [6.45, 7) is 0. The van der Waals surface area contributed by atoms with Crippen LogP contribution in [0.1, 0.15) is 10.4 Å². The lowest BCUT2D eigenvalue weighted by molar-refractivity contribution is 1.24. The molecule has 0 spiro atoms. The van der Waals surface area contributed by atoms with Crippen molar-refractivity contribution < 1.29 is 0 Å². The molecule has 0 nitrogen and oxygen atoms in total. The van der Waals surface area contributed by atoms with Crippen molar-refractivity contribution in [1.29, 1.82) is 0 Å². The zero-order chi connectivity index (χ0) is 20.1. The Morgan fingerprint density at radius 3 is 1.83 bits per heavy atom. The summed E-state index contributed by atoms with van der Waals surface area (Å²) >= 11 is 16.9. The van der Waals surface area contributed by atoms with Crippen molar-refractivity contribution in [3.05, 3.63) is 103 Å². The summed E-state index contributed by atoms with van der Waals surface area (Å²) in [5.74, 6) is 0. The fourth-order valence-corrected chi connectivity index (χ4v) is 6.77. The first-order valence-corrected chi connectivity index (χ1v) is 13.5. The van der Waals surface area contributed by atoms with E-state index in [2.05, 4.69) is 86.7 Å². The maximum absolute atomic E-state index is 6.24. The standard InChI is InChI=1S/C15H10BrClS2.C8H6S2/c16-11-3-5-13(17)10(8-11)9-12-4-6-15(19-12)14-2-1-7-18-14;1-3-7(9-5-1)8-4-2-6-10-8/h1-8H,9H2;1-6H. The quantitative estimate of drug-likeness (QED) is 0.215. The SMILES string of the molecule is Clc1ccc(Br)cc1Cc1ccc(-c2cccs2)s1.c1csc(-c2cccs2)c1. The van der Waals surface area contributed by atoms with Gasteiger partial charge in [0, 0.05) is 40.3 Å². The molecule has 0 radical (unpaired) electrons. The highest BCUT2D eigenvalue weighted by Gasteiger charge is 2.07. The summed E-state index contributed by atoms with van der Waals surface area (Å²) in [7, 11) is 0. The third-order valence-electron chi connectivity index (χ3n) is 4.08. The zero-order valence-electron chi connectivity index (χ0n) is 15.2. The van der Waals surface area contributed by atoms with E-state index >= 15 is 0 Å². The smallest absolute Gasteiger partial charge is 0.0445 e. The fraction of sp³-hybridized carbons (Fsp3) is 0.0435. The van der Waals surface area contributed by atoms with Gasteiger partial charge in [-0.2, -0.15) is 0 Å². The molecule has 5 rings (SSSR count). The molecular formula is C23H16BrClS4. The van der Waals surface area contributed by atoms with Gasteiger partial charge in [-0.1, -0.05) is 45.7 Å². The van der Waals surface area contributed by atoms with Gasteiger partial charge in [0.25, 0.3) is 0 Å². The first-order valence-electron chi connectivity index (χ1n) is 8.83. The predicted octanol–water partition coefficient (Wildman–Crippen LogP) is 9.96. The van der Waals surface area contributed by atoms with E-state index in [0.29, 0.717) is 0 Å². The van der Waals surface area contributed by atoms with Gasteiger partial charge in [-0.05, 0) is 70.2 Å². The second-order valence-electron chi connectivity index (χ2n) is 6.11. The van der Waals surface area contributed by atoms with Gasteiger partial charge in [-0.15, -0.1) is 45.3 Å². The van der Waals surface area contributed by atoms with Gasteiger partial charge in [0.15, 0.2) is 0 Å². The highest BCUT2D eigenvalue weighted by Crippen LogP contribution is 2.33. The first kappa shape index (κ1) is 21.0. The minimum absolute atomic E-state index is 0.828. The summed E-state index contributed by atoms with van der Waals surface area (Å²) in [5, 5.41) is 7.15. The molecule has 0 atom stereocenters.